The Morgan fingerprint density at radius 3 is 2.68 bits per heavy atom. The van der Waals surface area contributed by atoms with Crippen molar-refractivity contribution in [2.24, 2.45) is 0 Å². The van der Waals surface area contributed by atoms with Gasteiger partial charge < -0.3 is 4.90 Å². The highest BCUT2D eigenvalue weighted by Crippen LogP contribution is 2.21. The Morgan fingerprint density at radius 2 is 2.05 bits per heavy atom. The van der Waals surface area contributed by atoms with E-state index in [2.05, 4.69) is 4.72 Å². The fourth-order valence-corrected chi connectivity index (χ4v) is 4.40. The molecule has 1 fully saturated rings. The molecule has 122 valence electrons. The van der Waals surface area contributed by atoms with Crippen molar-refractivity contribution in [1.29, 1.82) is 0 Å². The Balaban J connectivity index is 2.12. The minimum Gasteiger partial charge on any atom is -0.339 e. The van der Waals surface area contributed by atoms with Crippen LogP contribution < -0.4 is 4.72 Å². The predicted octanol–water partition coefficient (Wildman–Crippen LogP) is 2.41. The summed E-state index contributed by atoms with van der Waals surface area (Å²) in [5.74, 6) is -0.192. The molecule has 2 rings (SSSR count). The van der Waals surface area contributed by atoms with Gasteiger partial charge in [0.05, 0.1) is 11.1 Å². The van der Waals surface area contributed by atoms with Crippen molar-refractivity contribution >= 4 is 27.5 Å². The van der Waals surface area contributed by atoms with Gasteiger partial charge in [-0.3, -0.25) is 4.79 Å². The molecule has 1 saturated heterocycles. The van der Waals surface area contributed by atoms with E-state index < -0.39 is 16.1 Å². The second-order valence-corrected chi connectivity index (χ2v) is 7.74. The summed E-state index contributed by atoms with van der Waals surface area (Å²) >= 11 is 5.93. The lowest BCUT2D eigenvalue weighted by Gasteiger charge is -2.35. The Kier molecular flexibility index (Phi) is 5.47. The molecule has 22 heavy (non-hydrogen) atoms. The lowest BCUT2D eigenvalue weighted by atomic mass is 10.0. The molecule has 1 aliphatic rings. The first-order valence-corrected chi connectivity index (χ1v) is 9.26. The molecule has 1 aromatic carbocycles. The number of carbonyl (C=O) groups is 1. The molecule has 1 aliphatic heterocycles. The maximum Gasteiger partial charge on any atom is 0.242 e. The van der Waals surface area contributed by atoms with Gasteiger partial charge in [0.1, 0.15) is 4.90 Å². The average Bonchev–Trinajstić information content (AvgIpc) is 2.46. The molecule has 0 aliphatic carbocycles. The van der Waals surface area contributed by atoms with Crippen molar-refractivity contribution in [2.45, 2.75) is 50.1 Å². The quantitative estimate of drug-likeness (QED) is 0.912. The van der Waals surface area contributed by atoms with Crippen LogP contribution in [0.2, 0.25) is 5.02 Å². The van der Waals surface area contributed by atoms with Gasteiger partial charge in [0.25, 0.3) is 0 Å². The van der Waals surface area contributed by atoms with E-state index in [9.17, 15) is 13.2 Å². The number of carbonyl (C=O) groups excluding carboxylic acids is 1. The monoisotopic (exact) mass is 344 g/mol. The number of hydrogen-bond donors (Lipinski definition) is 1. The zero-order chi connectivity index (χ0) is 16.3. The third kappa shape index (κ3) is 3.80. The largest absolute Gasteiger partial charge is 0.339 e. The Hall–Kier alpha value is -1.11. The molecular formula is C15H21ClN2O3S. The summed E-state index contributed by atoms with van der Waals surface area (Å²) in [5, 5.41) is 0.140. The first-order valence-electron chi connectivity index (χ1n) is 7.40. The number of piperidine rings is 1. The molecule has 1 heterocycles. The number of likely N-dealkylation sites (tertiary alicyclic amines) is 1. The van der Waals surface area contributed by atoms with Crippen molar-refractivity contribution < 1.29 is 13.2 Å². The van der Waals surface area contributed by atoms with Gasteiger partial charge in [-0.25, -0.2) is 8.42 Å². The third-order valence-electron chi connectivity index (χ3n) is 3.91. The molecule has 0 saturated carbocycles. The molecule has 7 heteroatoms. The van der Waals surface area contributed by atoms with Gasteiger partial charge in [-0.1, -0.05) is 23.7 Å². The highest BCUT2D eigenvalue weighted by molar-refractivity contribution is 7.89. The van der Waals surface area contributed by atoms with Crippen LogP contribution in [0.25, 0.3) is 0 Å². The first kappa shape index (κ1) is 17.2. The average molecular weight is 345 g/mol. The number of halogens is 1. The van der Waals surface area contributed by atoms with Crippen LogP contribution >= 0.6 is 11.6 Å². The normalized spacial score (nSPS) is 20.7. The summed E-state index contributed by atoms with van der Waals surface area (Å²) in [6, 6.07) is 5.52. The van der Waals surface area contributed by atoms with Crippen molar-refractivity contribution in [1.82, 2.24) is 9.62 Å². The van der Waals surface area contributed by atoms with Crippen molar-refractivity contribution in [2.75, 3.05) is 6.54 Å². The number of amides is 1. The topological polar surface area (TPSA) is 66.5 Å². The maximum atomic E-state index is 12.5. The number of nitrogens with one attached hydrogen (secondary N) is 1. The molecule has 1 N–H and O–H groups in total. The van der Waals surface area contributed by atoms with Crippen molar-refractivity contribution in [3.05, 3.63) is 29.3 Å². The van der Waals surface area contributed by atoms with Crippen LogP contribution in [0.3, 0.4) is 0 Å². The van der Waals surface area contributed by atoms with E-state index >= 15 is 0 Å². The Bertz CT molecular complexity index is 648. The zero-order valence-corrected chi connectivity index (χ0v) is 14.3. The van der Waals surface area contributed by atoms with Gasteiger partial charge in [-0.05, 0) is 45.2 Å². The van der Waals surface area contributed by atoms with Crippen molar-refractivity contribution in [3.63, 3.8) is 0 Å². The second kappa shape index (κ2) is 6.98. The van der Waals surface area contributed by atoms with Crippen LogP contribution in [0, 0.1) is 0 Å². The molecule has 0 spiro atoms. The molecule has 0 bridgehead atoms. The molecule has 0 aromatic heterocycles. The van der Waals surface area contributed by atoms with E-state index in [-0.39, 0.29) is 21.9 Å². The lowest BCUT2D eigenvalue weighted by molar-refractivity contribution is -0.135. The Morgan fingerprint density at radius 1 is 1.36 bits per heavy atom. The second-order valence-electron chi connectivity index (χ2n) is 5.65. The summed E-state index contributed by atoms with van der Waals surface area (Å²) < 4.78 is 27.2. The summed E-state index contributed by atoms with van der Waals surface area (Å²) in [7, 11) is -3.82. The van der Waals surface area contributed by atoms with Gasteiger partial charge >= 0.3 is 0 Å². The standard InChI is InChI=1S/C15H21ClN2O3S/c1-11-7-5-6-10-18(11)15(19)12(2)17-22(20,21)14-9-4-3-8-13(14)16/h3-4,8-9,11-12,17H,5-7,10H2,1-2H3. The summed E-state index contributed by atoms with van der Waals surface area (Å²) in [6.07, 6.45) is 3.01. The van der Waals surface area contributed by atoms with Gasteiger partial charge in [0.15, 0.2) is 0 Å². The molecule has 0 radical (unpaired) electrons. The van der Waals surface area contributed by atoms with Crippen LogP contribution in [-0.4, -0.2) is 37.9 Å². The molecule has 1 amide bonds. The minimum atomic E-state index is -3.82. The van der Waals surface area contributed by atoms with Gasteiger partial charge in [0.2, 0.25) is 15.9 Å². The smallest absolute Gasteiger partial charge is 0.242 e. The molecule has 2 atom stereocenters. The molecular weight excluding hydrogens is 324 g/mol. The summed E-state index contributed by atoms with van der Waals surface area (Å²) in [4.78, 5) is 14.2. The SMILES string of the molecule is CC(NS(=O)(=O)c1ccccc1Cl)C(=O)N1CCCCC1C. The fraction of sp³-hybridized carbons (Fsp3) is 0.533. The van der Waals surface area contributed by atoms with Gasteiger partial charge in [-0.15, -0.1) is 0 Å². The van der Waals surface area contributed by atoms with Crippen LogP contribution in [0.5, 0.6) is 0 Å². The Labute approximate surface area is 136 Å². The predicted molar refractivity (Wildman–Crippen MR) is 86.3 cm³/mol. The van der Waals surface area contributed by atoms with Crippen LogP contribution in [0.4, 0.5) is 0 Å². The van der Waals surface area contributed by atoms with E-state index in [0.29, 0.717) is 6.54 Å². The van der Waals surface area contributed by atoms with Crippen LogP contribution in [0.1, 0.15) is 33.1 Å². The van der Waals surface area contributed by atoms with E-state index in [0.717, 1.165) is 19.3 Å². The molecule has 5 nitrogen and oxygen atoms in total. The maximum absolute atomic E-state index is 12.5. The van der Waals surface area contributed by atoms with Crippen LogP contribution in [0.15, 0.2) is 29.2 Å². The molecule has 1 aromatic rings. The number of sulfonamides is 1. The first-order chi connectivity index (χ1) is 10.3. The third-order valence-corrected chi connectivity index (χ3v) is 5.96. The van der Waals surface area contributed by atoms with Crippen molar-refractivity contribution in [3.8, 4) is 0 Å². The van der Waals surface area contributed by atoms with Crippen LogP contribution in [-0.2, 0) is 14.8 Å². The van der Waals surface area contributed by atoms with E-state index in [4.69, 9.17) is 11.6 Å². The van der Waals surface area contributed by atoms with E-state index in [1.165, 1.54) is 12.1 Å². The molecule has 2 unspecified atom stereocenters. The highest BCUT2D eigenvalue weighted by atomic mass is 35.5. The zero-order valence-electron chi connectivity index (χ0n) is 12.8. The summed E-state index contributed by atoms with van der Waals surface area (Å²) in [6.45, 7) is 4.24. The minimum absolute atomic E-state index is 0.0111. The number of rotatable bonds is 4. The number of nitrogens with zero attached hydrogens (tertiary/aromatic N) is 1. The summed E-state index contributed by atoms with van der Waals surface area (Å²) in [5.41, 5.74) is 0. The van der Waals surface area contributed by atoms with E-state index in [1.54, 1.807) is 24.0 Å². The highest BCUT2D eigenvalue weighted by Gasteiger charge is 2.30. The van der Waals surface area contributed by atoms with Gasteiger partial charge in [-0.2, -0.15) is 4.72 Å². The fourth-order valence-electron chi connectivity index (χ4n) is 2.68. The van der Waals surface area contributed by atoms with E-state index in [1.807, 2.05) is 6.92 Å². The van der Waals surface area contributed by atoms with Gasteiger partial charge in [0, 0.05) is 12.6 Å². The lowest BCUT2D eigenvalue weighted by Crippen LogP contribution is -2.51. The number of benzene rings is 1. The number of hydrogen-bond acceptors (Lipinski definition) is 3.